The van der Waals surface area contributed by atoms with Crippen LogP contribution in [-0.2, 0) is 6.54 Å². The molecule has 0 spiro atoms. The summed E-state index contributed by atoms with van der Waals surface area (Å²) < 4.78 is 5.55. The van der Waals surface area contributed by atoms with Crippen molar-refractivity contribution in [3.05, 3.63) is 68.4 Å². The van der Waals surface area contributed by atoms with Gasteiger partial charge < -0.3 is 14.8 Å². The zero-order valence-corrected chi connectivity index (χ0v) is 13.8. The number of furan rings is 1. The predicted molar refractivity (Wildman–Crippen MR) is 91.9 cm³/mol. The van der Waals surface area contributed by atoms with Crippen molar-refractivity contribution in [1.82, 2.24) is 5.32 Å². The number of phenols is 1. The number of halogens is 1. The number of nitrogens with zero attached hydrogens (tertiary/aromatic N) is 1. The van der Waals surface area contributed by atoms with Gasteiger partial charge in [0.1, 0.15) is 11.3 Å². The van der Waals surface area contributed by atoms with E-state index in [1.165, 1.54) is 18.2 Å². The van der Waals surface area contributed by atoms with E-state index < -0.39 is 10.8 Å². The molecule has 7 nitrogen and oxygen atoms in total. The number of aryl methyl sites for hydroxylation is 1. The van der Waals surface area contributed by atoms with Gasteiger partial charge in [0.05, 0.1) is 4.92 Å². The van der Waals surface area contributed by atoms with E-state index in [4.69, 9.17) is 16.0 Å². The quantitative estimate of drug-likeness (QED) is 0.541. The van der Waals surface area contributed by atoms with E-state index in [0.717, 1.165) is 5.39 Å². The highest BCUT2D eigenvalue weighted by atomic mass is 35.5. The van der Waals surface area contributed by atoms with Gasteiger partial charge in [-0.3, -0.25) is 14.9 Å². The minimum absolute atomic E-state index is 0.0798. The van der Waals surface area contributed by atoms with E-state index in [1.54, 1.807) is 25.1 Å². The van der Waals surface area contributed by atoms with Crippen molar-refractivity contribution >= 4 is 34.2 Å². The molecule has 1 heterocycles. The molecule has 3 aromatic rings. The van der Waals surface area contributed by atoms with Crippen molar-refractivity contribution in [3.8, 4) is 5.75 Å². The van der Waals surface area contributed by atoms with Crippen molar-refractivity contribution in [2.45, 2.75) is 13.5 Å². The lowest BCUT2D eigenvalue weighted by Crippen LogP contribution is -2.23. The van der Waals surface area contributed by atoms with Gasteiger partial charge in [0.25, 0.3) is 11.6 Å². The van der Waals surface area contributed by atoms with Gasteiger partial charge in [-0.15, -0.1) is 0 Å². The van der Waals surface area contributed by atoms with Crippen LogP contribution in [0.5, 0.6) is 5.75 Å². The number of nitro groups is 1. The second-order valence-electron chi connectivity index (χ2n) is 5.45. The van der Waals surface area contributed by atoms with Crippen LogP contribution < -0.4 is 5.32 Å². The third-order valence-corrected chi connectivity index (χ3v) is 4.05. The van der Waals surface area contributed by atoms with Gasteiger partial charge in [-0.25, -0.2) is 0 Å². The summed E-state index contributed by atoms with van der Waals surface area (Å²) in [5, 5.41) is 24.4. The lowest BCUT2D eigenvalue weighted by atomic mass is 10.1. The number of hydrogen-bond acceptors (Lipinski definition) is 5. The number of rotatable bonds is 4. The number of nitro benzene ring substituents is 1. The number of hydrogen-bond donors (Lipinski definition) is 2. The Morgan fingerprint density at radius 1 is 1.32 bits per heavy atom. The fourth-order valence-corrected chi connectivity index (χ4v) is 2.66. The normalized spacial score (nSPS) is 10.8. The molecule has 0 aliphatic heterocycles. The topological polar surface area (TPSA) is 106 Å². The summed E-state index contributed by atoms with van der Waals surface area (Å²) in [5.74, 6) is -0.503. The van der Waals surface area contributed by atoms with E-state index in [9.17, 15) is 20.0 Å². The maximum atomic E-state index is 12.4. The molecule has 0 saturated carbocycles. The number of carbonyl (C=O) groups is 1. The third kappa shape index (κ3) is 3.27. The molecule has 0 atom stereocenters. The van der Waals surface area contributed by atoms with Gasteiger partial charge in [-0.05, 0) is 31.2 Å². The number of aromatic hydroxyl groups is 1. The number of nitrogens with one attached hydrogen (secondary N) is 1. The third-order valence-electron chi connectivity index (χ3n) is 3.82. The summed E-state index contributed by atoms with van der Waals surface area (Å²) in [5.41, 5.74) is 1.24. The molecule has 0 fully saturated rings. The first kappa shape index (κ1) is 16.8. The summed E-state index contributed by atoms with van der Waals surface area (Å²) in [6.07, 6.45) is 0. The molecular formula is C17H13ClN2O5. The fraction of sp³-hybridized carbons (Fsp3) is 0.118. The number of benzene rings is 2. The van der Waals surface area contributed by atoms with Crippen molar-refractivity contribution in [1.29, 1.82) is 0 Å². The Kier molecular flexibility index (Phi) is 4.33. The molecule has 1 aromatic heterocycles. The molecule has 2 N–H and O–H groups in total. The van der Waals surface area contributed by atoms with Crippen LogP contribution in [-0.4, -0.2) is 15.9 Å². The van der Waals surface area contributed by atoms with Gasteiger partial charge in [-0.2, -0.15) is 0 Å². The number of phenolic OH excluding ortho intramolecular Hbond substituents is 1. The first-order valence-corrected chi connectivity index (χ1v) is 7.67. The first-order chi connectivity index (χ1) is 11.9. The molecular weight excluding hydrogens is 348 g/mol. The van der Waals surface area contributed by atoms with Crippen LogP contribution in [0.25, 0.3) is 11.0 Å². The van der Waals surface area contributed by atoms with Crippen molar-refractivity contribution in [2.75, 3.05) is 0 Å². The Labute approximate surface area is 147 Å². The van der Waals surface area contributed by atoms with Crippen LogP contribution in [0.4, 0.5) is 5.69 Å². The van der Waals surface area contributed by atoms with Crippen LogP contribution in [0.2, 0.25) is 5.02 Å². The van der Waals surface area contributed by atoms with Gasteiger partial charge in [0.2, 0.25) is 0 Å². The number of fused-ring (bicyclic) bond motifs is 1. The van der Waals surface area contributed by atoms with E-state index in [0.29, 0.717) is 16.2 Å². The Bertz CT molecular complexity index is 996. The molecule has 8 heteroatoms. The smallest absolute Gasteiger partial charge is 0.287 e. The summed E-state index contributed by atoms with van der Waals surface area (Å²) in [6.45, 7) is 1.66. The average Bonchev–Trinajstić information content (AvgIpc) is 2.90. The van der Waals surface area contributed by atoms with Gasteiger partial charge in [0, 0.05) is 40.2 Å². The SMILES string of the molecule is Cc1c(C(=O)NCc2cc([N+](=O)[O-])ccc2O)oc2ccc(Cl)cc12. The lowest BCUT2D eigenvalue weighted by Gasteiger charge is -2.06. The van der Waals surface area contributed by atoms with Gasteiger partial charge in [0.15, 0.2) is 5.76 Å². The van der Waals surface area contributed by atoms with E-state index in [2.05, 4.69) is 5.32 Å². The van der Waals surface area contributed by atoms with Gasteiger partial charge in [-0.1, -0.05) is 11.6 Å². The average molecular weight is 361 g/mol. The Morgan fingerprint density at radius 2 is 2.08 bits per heavy atom. The second kappa shape index (κ2) is 6.45. The number of amides is 1. The molecule has 0 radical (unpaired) electrons. The summed E-state index contributed by atoms with van der Waals surface area (Å²) >= 11 is 5.95. The Hall–Kier alpha value is -3.06. The van der Waals surface area contributed by atoms with E-state index in [1.807, 2.05) is 0 Å². The van der Waals surface area contributed by atoms with Crippen LogP contribution >= 0.6 is 11.6 Å². The lowest BCUT2D eigenvalue weighted by molar-refractivity contribution is -0.384. The summed E-state index contributed by atoms with van der Waals surface area (Å²) in [7, 11) is 0. The predicted octanol–water partition coefficient (Wildman–Crippen LogP) is 3.94. The standard InChI is InChI=1S/C17H13ClN2O5/c1-9-13-7-11(18)2-5-15(13)25-16(9)17(22)19-8-10-6-12(20(23)24)3-4-14(10)21/h2-7,21H,8H2,1H3,(H,19,22). The molecule has 0 bridgehead atoms. The highest BCUT2D eigenvalue weighted by Gasteiger charge is 2.18. The molecule has 0 aliphatic carbocycles. The van der Waals surface area contributed by atoms with E-state index >= 15 is 0 Å². The highest BCUT2D eigenvalue weighted by Crippen LogP contribution is 2.28. The maximum Gasteiger partial charge on any atom is 0.287 e. The second-order valence-corrected chi connectivity index (χ2v) is 5.89. The summed E-state index contributed by atoms with van der Waals surface area (Å²) in [6, 6.07) is 8.66. The zero-order chi connectivity index (χ0) is 18.1. The number of carbonyl (C=O) groups excluding carboxylic acids is 1. The van der Waals surface area contributed by atoms with Gasteiger partial charge >= 0.3 is 0 Å². The van der Waals surface area contributed by atoms with Crippen LogP contribution in [0.1, 0.15) is 21.7 Å². The molecule has 0 unspecified atom stereocenters. The molecule has 0 aliphatic rings. The minimum atomic E-state index is -0.572. The largest absolute Gasteiger partial charge is 0.508 e. The molecule has 1 amide bonds. The molecule has 25 heavy (non-hydrogen) atoms. The van der Waals surface area contributed by atoms with Crippen molar-refractivity contribution in [3.63, 3.8) is 0 Å². The Balaban J connectivity index is 1.83. The van der Waals surface area contributed by atoms with E-state index in [-0.39, 0.29) is 29.3 Å². The molecule has 2 aromatic carbocycles. The highest BCUT2D eigenvalue weighted by molar-refractivity contribution is 6.31. The van der Waals surface area contributed by atoms with Crippen molar-refractivity contribution in [2.24, 2.45) is 0 Å². The molecule has 0 saturated heterocycles. The fourth-order valence-electron chi connectivity index (χ4n) is 2.49. The molecule has 128 valence electrons. The van der Waals surface area contributed by atoms with Crippen LogP contribution in [0.15, 0.2) is 40.8 Å². The minimum Gasteiger partial charge on any atom is -0.508 e. The summed E-state index contributed by atoms with van der Waals surface area (Å²) in [4.78, 5) is 22.6. The monoisotopic (exact) mass is 360 g/mol. The van der Waals surface area contributed by atoms with Crippen LogP contribution in [0.3, 0.4) is 0 Å². The number of non-ortho nitro benzene ring substituents is 1. The maximum absolute atomic E-state index is 12.4. The zero-order valence-electron chi connectivity index (χ0n) is 13.1. The van der Waals surface area contributed by atoms with Crippen molar-refractivity contribution < 1.29 is 19.2 Å². The first-order valence-electron chi connectivity index (χ1n) is 7.30. The molecule has 3 rings (SSSR count). The Morgan fingerprint density at radius 3 is 2.80 bits per heavy atom. The van der Waals surface area contributed by atoms with Crippen LogP contribution in [0, 0.1) is 17.0 Å².